The Morgan fingerprint density at radius 2 is 2.20 bits per heavy atom. The maximum Gasteiger partial charge on any atom is 0.407 e. The maximum absolute atomic E-state index is 11.0. The molecule has 80 valence electrons. The first kappa shape index (κ1) is 11.0. The normalized spacial score (nSPS) is 27.7. The van der Waals surface area contributed by atoms with Crippen LogP contribution in [0.2, 0.25) is 0 Å². The molecule has 1 unspecified atom stereocenters. The maximum atomic E-state index is 11.0. The van der Waals surface area contributed by atoms with Gasteiger partial charge in [-0.25, -0.2) is 4.79 Å². The first-order valence-corrected chi connectivity index (χ1v) is 4.22. The Morgan fingerprint density at radius 3 is 2.60 bits per heavy atom. The number of nitriles is 1. The standard InChI is InChI=1S/C9H10N2O4/c1-9(7(12)13)5-11(8(14)15)4-6(9)2-3-10/h2H,4-5H2,1H3,(H,12,13)(H,14,15)/b6-2+. The summed E-state index contributed by atoms with van der Waals surface area (Å²) in [5, 5.41) is 26.2. The van der Waals surface area contributed by atoms with E-state index in [0.717, 1.165) is 11.0 Å². The molecular formula is C9H10N2O4. The molecule has 0 aromatic heterocycles. The summed E-state index contributed by atoms with van der Waals surface area (Å²) in [6.45, 7) is 1.28. The van der Waals surface area contributed by atoms with Crippen LogP contribution < -0.4 is 0 Å². The second-order valence-corrected chi connectivity index (χ2v) is 3.57. The van der Waals surface area contributed by atoms with Gasteiger partial charge in [0.2, 0.25) is 0 Å². The van der Waals surface area contributed by atoms with Gasteiger partial charge >= 0.3 is 12.1 Å². The van der Waals surface area contributed by atoms with Crippen LogP contribution in [-0.4, -0.2) is 40.3 Å². The van der Waals surface area contributed by atoms with E-state index in [4.69, 9.17) is 15.5 Å². The van der Waals surface area contributed by atoms with Crippen molar-refractivity contribution in [2.24, 2.45) is 5.41 Å². The van der Waals surface area contributed by atoms with Gasteiger partial charge in [-0.1, -0.05) is 0 Å². The number of likely N-dealkylation sites (tertiary alicyclic amines) is 1. The van der Waals surface area contributed by atoms with Crippen LogP contribution in [0.15, 0.2) is 11.6 Å². The Kier molecular flexibility index (Phi) is 2.66. The monoisotopic (exact) mass is 210 g/mol. The van der Waals surface area contributed by atoms with Gasteiger partial charge in [-0.05, 0) is 12.5 Å². The Labute approximate surface area is 86.0 Å². The molecule has 1 fully saturated rings. The first-order chi connectivity index (χ1) is 6.91. The molecular weight excluding hydrogens is 200 g/mol. The van der Waals surface area contributed by atoms with Gasteiger partial charge in [0.05, 0.1) is 6.07 Å². The molecule has 1 heterocycles. The number of amides is 1. The molecule has 0 saturated carbocycles. The van der Waals surface area contributed by atoms with Gasteiger partial charge in [-0.3, -0.25) is 4.79 Å². The number of rotatable bonds is 1. The van der Waals surface area contributed by atoms with Crippen molar-refractivity contribution >= 4 is 12.1 Å². The fourth-order valence-electron chi connectivity index (χ4n) is 1.54. The third-order valence-electron chi connectivity index (χ3n) is 2.56. The molecule has 0 bridgehead atoms. The van der Waals surface area contributed by atoms with Crippen LogP contribution in [0.4, 0.5) is 4.79 Å². The van der Waals surface area contributed by atoms with E-state index in [2.05, 4.69) is 0 Å². The van der Waals surface area contributed by atoms with E-state index in [-0.39, 0.29) is 13.1 Å². The lowest BCUT2D eigenvalue weighted by atomic mass is 9.85. The van der Waals surface area contributed by atoms with Gasteiger partial charge in [0.15, 0.2) is 0 Å². The molecule has 0 spiro atoms. The van der Waals surface area contributed by atoms with Gasteiger partial charge in [-0.15, -0.1) is 0 Å². The molecule has 1 amide bonds. The Bertz CT molecular complexity index is 382. The lowest BCUT2D eigenvalue weighted by Gasteiger charge is -2.18. The average molecular weight is 210 g/mol. The van der Waals surface area contributed by atoms with E-state index in [0.29, 0.717) is 5.57 Å². The summed E-state index contributed by atoms with van der Waals surface area (Å²) in [5.41, 5.74) is -0.964. The number of allylic oxidation sites excluding steroid dienone is 1. The van der Waals surface area contributed by atoms with Gasteiger partial charge in [0.1, 0.15) is 5.41 Å². The smallest absolute Gasteiger partial charge is 0.407 e. The van der Waals surface area contributed by atoms with Crippen LogP contribution in [0, 0.1) is 16.7 Å². The zero-order chi connectivity index (χ0) is 11.6. The fourth-order valence-corrected chi connectivity index (χ4v) is 1.54. The number of aliphatic carboxylic acids is 1. The highest BCUT2D eigenvalue weighted by Crippen LogP contribution is 2.35. The highest BCUT2D eigenvalue weighted by Gasteiger charge is 2.46. The number of carboxylic acids is 1. The van der Waals surface area contributed by atoms with Gasteiger partial charge in [-0.2, -0.15) is 5.26 Å². The van der Waals surface area contributed by atoms with E-state index in [1.54, 1.807) is 6.07 Å². The van der Waals surface area contributed by atoms with Crippen LogP contribution in [0.25, 0.3) is 0 Å². The second-order valence-electron chi connectivity index (χ2n) is 3.57. The molecule has 0 aromatic carbocycles. The van der Waals surface area contributed by atoms with Crippen LogP contribution in [0.1, 0.15) is 6.92 Å². The topological polar surface area (TPSA) is 102 Å². The minimum absolute atomic E-state index is 0.0221. The minimum atomic E-state index is -1.28. The molecule has 0 aliphatic carbocycles. The Balaban J connectivity index is 3.08. The van der Waals surface area contributed by atoms with E-state index < -0.39 is 17.5 Å². The molecule has 6 nitrogen and oxygen atoms in total. The fraction of sp³-hybridized carbons (Fsp3) is 0.444. The number of carbonyl (C=O) groups is 2. The largest absolute Gasteiger partial charge is 0.481 e. The van der Waals surface area contributed by atoms with Crippen molar-refractivity contribution in [3.8, 4) is 6.07 Å². The zero-order valence-corrected chi connectivity index (χ0v) is 8.10. The van der Waals surface area contributed by atoms with Gasteiger partial charge < -0.3 is 15.1 Å². The average Bonchev–Trinajstić information content (AvgIpc) is 2.46. The predicted molar refractivity (Wildman–Crippen MR) is 49.0 cm³/mol. The molecule has 1 aliphatic heterocycles. The summed E-state index contributed by atoms with van der Waals surface area (Å²) in [4.78, 5) is 22.7. The predicted octanol–water partition coefficient (Wildman–Crippen LogP) is 0.521. The lowest BCUT2D eigenvalue weighted by molar-refractivity contribution is -0.145. The summed E-state index contributed by atoms with van der Waals surface area (Å²) >= 11 is 0. The minimum Gasteiger partial charge on any atom is -0.481 e. The summed E-state index contributed by atoms with van der Waals surface area (Å²) in [5.74, 6) is -1.12. The number of hydrogen-bond acceptors (Lipinski definition) is 3. The molecule has 1 atom stereocenters. The van der Waals surface area contributed by atoms with Crippen molar-refractivity contribution < 1.29 is 19.8 Å². The molecule has 2 N–H and O–H groups in total. The highest BCUT2D eigenvalue weighted by molar-refractivity contribution is 5.81. The van der Waals surface area contributed by atoms with E-state index in [9.17, 15) is 9.59 Å². The number of nitrogens with zero attached hydrogens (tertiary/aromatic N) is 2. The van der Waals surface area contributed by atoms with Gasteiger partial charge in [0.25, 0.3) is 0 Å². The van der Waals surface area contributed by atoms with Crippen LogP contribution in [-0.2, 0) is 4.79 Å². The van der Waals surface area contributed by atoms with Crippen molar-refractivity contribution in [3.63, 3.8) is 0 Å². The van der Waals surface area contributed by atoms with Crippen molar-refractivity contribution in [2.45, 2.75) is 6.92 Å². The molecule has 0 aromatic rings. The zero-order valence-electron chi connectivity index (χ0n) is 8.10. The van der Waals surface area contributed by atoms with E-state index in [1.165, 1.54) is 6.92 Å². The van der Waals surface area contributed by atoms with Crippen molar-refractivity contribution in [2.75, 3.05) is 13.1 Å². The van der Waals surface area contributed by atoms with Crippen LogP contribution >= 0.6 is 0 Å². The molecule has 1 rings (SSSR count). The van der Waals surface area contributed by atoms with E-state index in [1.807, 2.05) is 0 Å². The number of hydrogen-bond donors (Lipinski definition) is 2. The van der Waals surface area contributed by atoms with Gasteiger partial charge in [0, 0.05) is 19.2 Å². The third kappa shape index (κ3) is 1.76. The molecule has 1 aliphatic rings. The molecule has 1 saturated heterocycles. The van der Waals surface area contributed by atoms with Crippen LogP contribution in [0.3, 0.4) is 0 Å². The molecule has 0 radical (unpaired) electrons. The van der Waals surface area contributed by atoms with Crippen molar-refractivity contribution in [1.29, 1.82) is 5.26 Å². The summed E-state index contributed by atoms with van der Waals surface area (Å²) in [6, 6.07) is 1.73. The molecule has 15 heavy (non-hydrogen) atoms. The first-order valence-electron chi connectivity index (χ1n) is 4.22. The lowest BCUT2D eigenvalue weighted by Crippen LogP contribution is -2.34. The van der Waals surface area contributed by atoms with E-state index >= 15 is 0 Å². The highest BCUT2D eigenvalue weighted by atomic mass is 16.4. The van der Waals surface area contributed by atoms with Crippen molar-refractivity contribution in [1.82, 2.24) is 4.90 Å². The summed E-state index contributed by atoms with van der Waals surface area (Å²) in [7, 11) is 0. The summed E-state index contributed by atoms with van der Waals surface area (Å²) < 4.78 is 0. The number of carboxylic acid groups (broad SMARTS) is 2. The quantitative estimate of drug-likeness (QED) is 0.614. The third-order valence-corrected chi connectivity index (χ3v) is 2.56. The Hall–Kier alpha value is -2.03. The molecule has 6 heteroatoms. The Morgan fingerprint density at radius 1 is 1.60 bits per heavy atom. The summed E-state index contributed by atoms with van der Waals surface area (Å²) in [6.07, 6.45) is -0.0688. The van der Waals surface area contributed by atoms with Crippen molar-refractivity contribution in [3.05, 3.63) is 11.6 Å². The SMILES string of the molecule is CC1(C(=O)O)CN(C(=O)O)C/C1=C\C#N. The van der Waals surface area contributed by atoms with Crippen LogP contribution in [0.5, 0.6) is 0 Å². The second kappa shape index (κ2) is 3.61.